The largest absolute Gasteiger partial charge is 0.430 e. The van der Waals surface area contributed by atoms with E-state index in [-0.39, 0.29) is 12.1 Å². The van der Waals surface area contributed by atoms with Gasteiger partial charge in [0, 0.05) is 11.1 Å². The van der Waals surface area contributed by atoms with Gasteiger partial charge in [-0.3, -0.25) is 0 Å². The van der Waals surface area contributed by atoms with E-state index in [4.69, 9.17) is 10.2 Å². The first kappa shape index (κ1) is 22.3. The highest BCUT2D eigenvalue weighted by Gasteiger charge is 2.77. The molecule has 0 spiro atoms. The van der Waals surface area contributed by atoms with Gasteiger partial charge in [-0.15, -0.1) is 0 Å². The van der Waals surface area contributed by atoms with Crippen LogP contribution < -0.4 is 0 Å². The van der Waals surface area contributed by atoms with Crippen molar-refractivity contribution in [2.75, 3.05) is 0 Å². The van der Waals surface area contributed by atoms with E-state index < -0.39 is 59.2 Å². The summed E-state index contributed by atoms with van der Waals surface area (Å²) >= 11 is 0. The van der Waals surface area contributed by atoms with Crippen LogP contribution in [0, 0.1) is 0 Å². The minimum Gasteiger partial charge on any atom is -0.369 e. The Morgan fingerprint density at radius 2 is 0.654 bits per heavy atom. The molecule has 14 heteroatoms. The lowest BCUT2D eigenvalue weighted by Crippen LogP contribution is -2.59. The van der Waals surface area contributed by atoms with Gasteiger partial charge < -0.3 is 10.2 Å². The minimum atomic E-state index is -6.76. The summed E-state index contributed by atoms with van der Waals surface area (Å²) in [5.41, 5.74) is -17.9. The first-order valence-electron chi connectivity index (χ1n) is 6.04. The summed E-state index contributed by atoms with van der Waals surface area (Å²) in [6, 6.07) is -0.430. The second kappa shape index (κ2) is 5.90. The zero-order valence-electron chi connectivity index (χ0n) is 11.7. The second-order valence-electron chi connectivity index (χ2n) is 4.96. The molecule has 0 aliphatic heterocycles. The van der Waals surface area contributed by atoms with Gasteiger partial charge in [0.15, 0.2) is 0 Å². The number of hydrogen-bond donors (Lipinski definition) is 2. The molecule has 0 aliphatic rings. The van der Waals surface area contributed by atoms with Crippen LogP contribution in [-0.2, 0) is 11.2 Å². The Balaban J connectivity index is 4.03. The van der Waals surface area contributed by atoms with E-state index in [1.54, 1.807) is 0 Å². The van der Waals surface area contributed by atoms with E-state index in [9.17, 15) is 52.7 Å². The molecule has 0 fully saturated rings. The maximum absolute atomic E-state index is 12.8. The van der Waals surface area contributed by atoms with Gasteiger partial charge >= 0.3 is 24.7 Å². The molecule has 150 valence electrons. The van der Waals surface area contributed by atoms with Crippen molar-refractivity contribution < 1.29 is 62.9 Å². The number of alkyl halides is 12. The normalized spacial score (nSPS) is 15.3. The van der Waals surface area contributed by atoms with Gasteiger partial charge in [-0.2, -0.15) is 52.7 Å². The highest BCUT2D eigenvalue weighted by Crippen LogP contribution is 2.56. The third-order valence-electron chi connectivity index (χ3n) is 3.35. The van der Waals surface area contributed by atoms with Crippen molar-refractivity contribution in [3.8, 4) is 0 Å². The molecule has 0 radical (unpaired) electrons. The smallest absolute Gasteiger partial charge is 0.369 e. The van der Waals surface area contributed by atoms with Gasteiger partial charge in [0.2, 0.25) is 0 Å². The van der Waals surface area contributed by atoms with E-state index in [1.807, 2.05) is 0 Å². The molecule has 0 heterocycles. The molecule has 0 aromatic heterocycles. The van der Waals surface area contributed by atoms with Crippen LogP contribution >= 0.6 is 0 Å². The van der Waals surface area contributed by atoms with Crippen LogP contribution in [0.2, 0.25) is 0 Å². The van der Waals surface area contributed by atoms with E-state index in [0.717, 1.165) is 0 Å². The summed E-state index contributed by atoms with van der Waals surface area (Å²) in [4.78, 5) is 0. The predicted molar refractivity (Wildman–Crippen MR) is 58.5 cm³/mol. The lowest BCUT2D eigenvalue weighted by Gasteiger charge is -2.39. The topological polar surface area (TPSA) is 40.5 Å². The number of halogens is 12. The fourth-order valence-electron chi connectivity index (χ4n) is 2.05. The zero-order valence-corrected chi connectivity index (χ0v) is 11.7. The number of rotatable bonds is 2. The van der Waals surface area contributed by atoms with Crippen molar-refractivity contribution in [3.63, 3.8) is 0 Å². The second-order valence-corrected chi connectivity index (χ2v) is 4.96. The Morgan fingerprint density at radius 1 is 0.462 bits per heavy atom. The molecule has 1 aromatic rings. The summed E-state index contributed by atoms with van der Waals surface area (Å²) in [5, 5.41) is 18.3. The van der Waals surface area contributed by atoms with Crippen LogP contribution in [-0.4, -0.2) is 34.9 Å². The third-order valence-corrected chi connectivity index (χ3v) is 3.35. The standard InChI is InChI=1S/C12H6F12O2/c13-9(14,15)7(25,10(16,17)18)5-3-1-2-4-6(5)8(26,11(19,20)21)12(22,23)24/h1-4,25-26H. The van der Waals surface area contributed by atoms with Crippen LogP contribution in [0.1, 0.15) is 11.1 Å². The molecule has 0 atom stereocenters. The molecule has 0 bridgehead atoms. The molecule has 26 heavy (non-hydrogen) atoms. The van der Waals surface area contributed by atoms with Crippen LogP contribution in [0.25, 0.3) is 0 Å². The van der Waals surface area contributed by atoms with Crippen molar-refractivity contribution in [1.29, 1.82) is 0 Å². The maximum atomic E-state index is 12.8. The average molecular weight is 410 g/mol. The molecular formula is C12H6F12O2. The van der Waals surface area contributed by atoms with Crippen molar-refractivity contribution in [2.45, 2.75) is 35.9 Å². The fraction of sp³-hybridized carbons (Fsp3) is 0.500. The SMILES string of the molecule is OC(c1ccccc1C(O)(C(F)(F)F)C(F)(F)F)(C(F)(F)F)C(F)(F)F. The van der Waals surface area contributed by atoms with Gasteiger partial charge in [0.25, 0.3) is 11.2 Å². The summed E-state index contributed by atoms with van der Waals surface area (Å²) < 4.78 is 154. The Morgan fingerprint density at radius 3 is 0.808 bits per heavy atom. The van der Waals surface area contributed by atoms with Crippen LogP contribution in [0.15, 0.2) is 24.3 Å². The van der Waals surface area contributed by atoms with Crippen LogP contribution in [0.4, 0.5) is 52.7 Å². The predicted octanol–water partition coefficient (Wildman–Crippen LogP) is 4.31. The van der Waals surface area contributed by atoms with E-state index in [2.05, 4.69) is 0 Å². The fourth-order valence-corrected chi connectivity index (χ4v) is 2.05. The maximum Gasteiger partial charge on any atom is 0.430 e. The van der Waals surface area contributed by atoms with Crippen LogP contribution in [0.5, 0.6) is 0 Å². The molecule has 1 rings (SSSR count). The van der Waals surface area contributed by atoms with Crippen molar-refractivity contribution in [3.05, 3.63) is 35.4 Å². The van der Waals surface area contributed by atoms with Gasteiger partial charge in [-0.25, -0.2) is 0 Å². The minimum absolute atomic E-state index is 0.231. The third kappa shape index (κ3) is 3.08. The molecule has 2 nitrogen and oxygen atoms in total. The van der Waals surface area contributed by atoms with Gasteiger partial charge in [-0.1, -0.05) is 24.3 Å². The van der Waals surface area contributed by atoms with Crippen molar-refractivity contribution in [2.24, 2.45) is 0 Å². The highest BCUT2D eigenvalue weighted by molar-refractivity contribution is 5.41. The quantitative estimate of drug-likeness (QED) is 0.714. The first-order chi connectivity index (χ1) is 11.2. The van der Waals surface area contributed by atoms with Gasteiger partial charge in [0.1, 0.15) is 0 Å². The zero-order chi connectivity index (χ0) is 21.0. The first-order valence-corrected chi connectivity index (χ1v) is 6.04. The Kier molecular flexibility index (Phi) is 5.07. The summed E-state index contributed by atoms with van der Waals surface area (Å²) in [5.74, 6) is 0. The lowest BCUT2D eigenvalue weighted by molar-refractivity contribution is -0.387. The molecule has 0 unspecified atom stereocenters. The summed E-state index contributed by atoms with van der Waals surface area (Å²) in [6.07, 6.45) is -27.1. The molecule has 0 aliphatic carbocycles. The van der Waals surface area contributed by atoms with Crippen LogP contribution in [0.3, 0.4) is 0 Å². The van der Waals surface area contributed by atoms with Crippen molar-refractivity contribution in [1.82, 2.24) is 0 Å². The van der Waals surface area contributed by atoms with E-state index in [1.165, 1.54) is 0 Å². The summed E-state index contributed by atoms with van der Waals surface area (Å²) in [7, 11) is 0. The molecule has 0 saturated heterocycles. The van der Waals surface area contributed by atoms with E-state index in [0.29, 0.717) is 0 Å². The summed E-state index contributed by atoms with van der Waals surface area (Å²) in [6.45, 7) is 0. The van der Waals surface area contributed by atoms with Gasteiger partial charge in [-0.05, 0) is 0 Å². The van der Waals surface area contributed by atoms with Gasteiger partial charge in [0.05, 0.1) is 0 Å². The highest BCUT2D eigenvalue weighted by atomic mass is 19.4. The average Bonchev–Trinajstić information content (AvgIpc) is 2.40. The molecule has 2 N–H and O–H groups in total. The number of aliphatic hydroxyl groups is 2. The molecule has 0 saturated carbocycles. The lowest BCUT2D eigenvalue weighted by atomic mass is 9.80. The Labute approximate surface area is 135 Å². The molecule has 0 amide bonds. The number of hydrogen-bond acceptors (Lipinski definition) is 2. The number of benzene rings is 1. The monoisotopic (exact) mass is 410 g/mol. The van der Waals surface area contributed by atoms with Crippen molar-refractivity contribution >= 4 is 0 Å². The Hall–Kier alpha value is -1.70. The van der Waals surface area contributed by atoms with E-state index >= 15 is 0 Å². The molecular weight excluding hydrogens is 404 g/mol. The Bertz CT molecular complexity index is 567. The molecule has 1 aromatic carbocycles.